The van der Waals surface area contributed by atoms with Crippen molar-refractivity contribution in [2.24, 2.45) is 0 Å². The van der Waals surface area contributed by atoms with Gasteiger partial charge in [0.05, 0.1) is 23.6 Å². The number of hydrogen-bond acceptors (Lipinski definition) is 4. The van der Waals surface area contributed by atoms with E-state index in [0.717, 1.165) is 0 Å². The smallest absolute Gasteiger partial charge is 0.340 e. The van der Waals surface area contributed by atoms with Crippen molar-refractivity contribution in [3.63, 3.8) is 0 Å². The summed E-state index contributed by atoms with van der Waals surface area (Å²) in [5.41, 5.74) is 0.427. The van der Waals surface area contributed by atoms with Gasteiger partial charge in [0.2, 0.25) is 10.0 Å². The molecule has 0 aromatic heterocycles. The molecule has 0 radical (unpaired) electrons. The molecule has 0 spiro atoms. The van der Waals surface area contributed by atoms with Crippen LogP contribution in [0, 0.1) is 0 Å². The largest absolute Gasteiger partial charge is 0.462 e. The molecule has 0 aliphatic rings. The van der Waals surface area contributed by atoms with E-state index in [2.05, 4.69) is 11.3 Å². The first-order valence-corrected chi connectivity index (χ1v) is 7.53. The molecule has 104 valence electrons. The molecule has 1 rings (SSSR count). The highest BCUT2D eigenvalue weighted by atomic mass is 32.2. The standard InChI is InChI=1S/C13H17NO4S/c1-3-5-10-19(16,17)14-12-9-7-6-8-11(12)13(15)18-4-2/h3,6-9,14H,1,4-5,10H2,2H3. The number of allylic oxidation sites excluding steroid dienone is 1. The number of carbonyl (C=O) groups excluding carboxylic acids is 1. The van der Waals surface area contributed by atoms with Gasteiger partial charge < -0.3 is 4.74 Å². The zero-order valence-corrected chi connectivity index (χ0v) is 11.6. The van der Waals surface area contributed by atoms with Crippen LogP contribution >= 0.6 is 0 Å². The zero-order valence-electron chi connectivity index (χ0n) is 10.8. The fourth-order valence-corrected chi connectivity index (χ4v) is 2.51. The Morgan fingerprint density at radius 3 is 2.74 bits per heavy atom. The summed E-state index contributed by atoms with van der Waals surface area (Å²) in [6.45, 7) is 5.40. The first-order valence-electron chi connectivity index (χ1n) is 5.87. The molecule has 0 bridgehead atoms. The van der Waals surface area contributed by atoms with Crippen molar-refractivity contribution in [3.05, 3.63) is 42.5 Å². The molecule has 6 heteroatoms. The van der Waals surface area contributed by atoms with Crippen LogP contribution in [0.15, 0.2) is 36.9 Å². The van der Waals surface area contributed by atoms with Crippen LogP contribution in [0.3, 0.4) is 0 Å². The molecule has 0 unspecified atom stereocenters. The third kappa shape index (κ3) is 4.75. The summed E-state index contributed by atoms with van der Waals surface area (Å²) in [6, 6.07) is 6.34. The van der Waals surface area contributed by atoms with Gasteiger partial charge in [-0.1, -0.05) is 18.2 Å². The lowest BCUT2D eigenvalue weighted by Crippen LogP contribution is -2.18. The Morgan fingerprint density at radius 2 is 2.11 bits per heavy atom. The highest BCUT2D eigenvalue weighted by Crippen LogP contribution is 2.18. The molecular formula is C13H17NO4S. The van der Waals surface area contributed by atoms with Gasteiger partial charge in [0.1, 0.15) is 0 Å². The fraction of sp³-hybridized carbons (Fsp3) is 0.308. The summed E-state index contributed by atoms with van der Waals surface area (Å²) in [5, 5.41) is 0. The number of ether oxygens (including phenoxy) is 1. The lowest BCUT2D eigenvalue weighted by Gasteiger charge is -2.11. The maximum atomic E-state index is 11.8. The number of rotatable bonds is 7. The van der Waals surface area contributed by atoms with Crippen LogP contribution in [0.25, 0.3) is 0 Å². The van der Waals surface area contributed by atoms with Crippen LogP contribution < -0.4 is 4.72 Å². The lowest BCUT2D eigenvalue weighted by atomic mass is 10.2. The predicted octanol–water partition coefficient (Wildman–Crippen LogP) is 2.18. The van der Waals surface area contributed by atoms with Crippen LogP contribution in [0.4, 0.5) is 5.69 Å². The van der Waals surface area contributed by atoms with Gasteiger partial charge in [0, 0.05) is 0 Å². The van der Waals surface area contributed by atoms with Gasteiger partial charge in [-0.15, -0.1) is 6.58 Å². The van der Waals surface area contributed by atoms with Crippen molar-refractivity contribution < 1.29 is 17.9 Å². The zero-order chi connectivity index (χ0) is 14.3. The van der Waals surface area contributed by atoms with Gasteiger partial charge >= 0.3 is 5.97 Å². The number of esters is 1. The number of sulfonamides is 1. The summed E-state index contributed by atoms with van der Waals surface area (Å²) in [6.07, 6.45) is 1.87. The highest BCUT2D eigenvalue weighted by Gasteiger charge is 2.16. The van der Waals surface area contributed by atoms with Crippen molar-refractivity contribution in [3.8, 4) is 0 Å². The number of anilines is 1. The topological polar surface area (TPSA) is 72.5 Å². The molecule has 1 aromatic carbocycles. The van der Waals surface area contributed by atoms with E-state index in [1.807, 2.05) is 0 Å². The van der Waals surface area contributed by atoms with Gasteiger partial charge in [0.15, 0.2) is 0 Å². The summed E-state index contributed by atoms with van der Waals surface area (Å²) >= 11 is 0. The van der Waals surface area contributed by atoms with Crippen molar-refractivity contribution in [2.45, 2.75) is 13.3 Å². The average Bonchev–Trinajstić information content (AvgIpc) is 2.37. The van der Waals surface area contributed by atoms with Gasteiger partial charge in [-0.05, 0) is 25.5 Å². The molecule has 0 heterocycles. The van der Waals surface area contributed by atoms with Gasteiger partial charge in [-0.25, -0.2) is 13.2 Å². The molecule has 0 saturated carbocycles. The first kappa shape index (κ1) is 15.2. The number of benzene rings is 1. The third-order valence-corrected chi connectivity index (χ3v) is 3.58. The molecule has 0 amide bonds. The van der Waals surface area contributed by atoms with E-state index in [1.54, 1.807) is 19.1 Å². The summed E-state index contributed by atoms with van der Waals surface area (Å²) in [5.74, 6) is -0.627. The molecule has 0 aliphatic heterocycles. The second-order valence-electron chi connectivity index (χ2n) is 3.76. The Balaban J connectivity index is 2.95. The van der Waals surface area contributed by atoms with Gasteiger partial charge in [0.25, 0.3) is 0 Å². The number of hydrogen-bond donors (Lipinski definition) is 1. The molecule has 5 nitrogen and oxygen atoms in total. The van der Waals surface area contributed by atoms with Gasteiger partial charge in [-0.3, -0.25) is 4.72 Å². The molecule has 19 heavy (non-hydrogen) atoms. The quantitative estimate of drug-likeness (QED) is 0.615. The molecule has 0 atom stereocenters. The van der Waals surface area contributed by atoms with E-state index in [0.29, 0.717) is 6.42 Å². The number of para-hydroxylation sites is 1. The van der Waals surface area contributed by atoms with Crippen molar-refractivity contribution in [2.75, 3.05) is 17.1 Å². The normalized spacial score (nSPS) is 10.8. The van der Waals surface area contributed by atoms with Crippen molar-refractivity contribution in [1.29, 1.82) is 0 Å². The predicted molar refractivity (Wildman–Crippen MR) is 74.6 cm³/mol. The molecule has 0 saturated heterocycles. The number of carbonyl (C=O) groups is 1. The van der Waals surface area contributed by atoms with Crippen LogP contribution in [-0.2, 0) is 14.8 Å². The fourth-order valence-electron chi connectivity index (χ4n) is 1.42. The van der Waals surface area contributed by atoms with Crippen molar-refractivity contribution in [1.82, 2.24) is 0 Å². The summed E-state index contributed by atoms with van der Waals surface area (Å²) in [7, 11) is -3.50. The first-order chi connectivity index (χ1) is 9.00. The Kier molecular flexibility index (Phi) is 5.57. The molecule has 1 N–H and O–H groups in total. The molecule has 0 fully saturated rings. The van der Waals surface area contributed by atoms with E-state index in [9.17, 15) is 13.2 Å². The molecular weight excluding hydrogens is 266 g/mol. The monoisotopic (exact) mass is 283 g/mol. The van der Waals surface area contributed by atoms with E-state index in [-0.39, 0.29) is 23.6 Å². The Hall–Kier alpha value is -1.82. The highest BCUT2D eigenvalue weighted by molar-refractivity contribution is 7.92. The second kappa shape index (κ2) is 6.94. The van der Waals surface area contributed by atoms with Crippen LogP contribution in [-0.4, -0.2) is 26.7 Å². The van der Waals surface area contributed by atoms with Crippen LogP contribution in [0.2, 0.25) is 0 Å². The maximum absolute atomic E-state index is 11.8. The van der Waals surface area contributed by atoms with Crippen molar-refractivity contribution >= 4 is 21.7 Å². The van der Waals surface area contributed by atoms with Crippen LogP contribution in [0.1, 0.15) is 23.7 Å². The minimum atomic E-state index is -3.50. The SMILES string of the molecule is C=CCCS(=O)(=O)Nc1ccccc1C(=O)OCC. The summed E-state index contributed by atoms with van der Waals surface area (Å²) in [4.78, 5) is 11.7. The van der Waals surface area contributed by atoms with E-state index >= 15 is 0 Å². The van der Waals surface area contributed by atoms with E-state index < -0.39 is 16.0 Å². The molecule has 0 aliphatic carbocycles. The molecule has 1 aromatic rings. The van der Waals surface area contributed by atoms with Crippen LogP contribution in [0.5, 0.6) is 0 Å². The summed E-state index contributed by atoms with van der Waals surface area (Å²) < 4.78 is 30.8. The second-order valence-corrected chi connectivity index (χ2v) is 5.61. The minimum Gasteiger partial charge on any atom is -0.462 e. The maximum Gasteiger partial charge on any atom is 0.340 e. The Morgan fingerprint density at radius 1 is 1.42 bits per heavy atom. The number of nitrogens with one attached hydrogen (secondary N) is 1. The lowest BCUT2D eigenvalue weighted by molar-refractivity contribution is 0.0527. The minimum absolute atomic E-state index is 0.0757. The van der Waals surface area contributed by atoms with Gasteiger partial charge in [-0.2, -0.15) is 0 Å². The van der Waals surface area contributed by atoms with E-state index in [4.69, 9.17) is 4.74 Å². The Bertz CT molecular complexity index is 552. The third-order valence-electron chi connectivity index (χ3n) is 2.28. The Labute approximate surface area is 113 Å². The average molecular weight is 283 g/mol. The van der Waals surface area contributed by atoms with E-state index in [1.165, 1.54) is 18.2 Å².